The highest BCUT2D eigenvalue weighted by atomic mass is 32.2. The third-order valence-corrected chi connectivity index (χ3v) is 6.88. The number of carbonyl (C=O) groups excluding carboxylic acids is 1. The van der Waals surface area contributed by atoms with Crippen molar-refractivity contribution in [2.45, 2.75) is 29.5 Å². The highest BCUT2D eigenvalue weighted by molar-refractivity contribution is 7.92. The molecule has 0 atom stereocenters. The zero-order valence-corrected chi connectivity index (χ0v) is 15.0. The molecule has 1 aliphatic rings. The minimum Gasteiger partial charge on any atom is -0.497 e. The number of piperidine rings is 1. The lowest BCUT2D eigenvalue weighted by Gasteiger charge is -2.32. The molecular weight excluding hydrogens is 340 g/mol. The summed E-state index contributed by atoms with van der Waals surface area (Å²) in [6.45, 7) is 1.24. The Bertz CT molecular complexity index is 805. The van der Waals surface area contributed by atoms with Crippen LogP contribution in [0.5, 0.6) is 5.75 Å². The number of carbonyl (C=O) groups is 1. The number of aromatic nitrogens is 1. The van der Waals surface area contributed by atoms with E-state index in [0.717, 1.165) is 0 Å². The van der Waals surface area contributed by atoms with Crippen molar-refractivity contribution in [2.24, 2.45) is 0 Å². The minimum absolute atomic E-state index is 0.0245. The van der Waals surface area contributed by atoms with Crippen molar-refractivity contribution in [3.05, 3.63) is 48.8 Å². The van der Waals surface area contributed by atoms with Gasteiger partial charge in [-0.1, -0.05) is 0 Å². The van der Waals surface area contributed by atoms with Gasteiger partial charge >= 0.3 is 0 Å². The second-order valence-corrected chi connectivity index (χ2v) is 8.38. The first-order chi connectivity index (χ1) is 12.0. The van der Waals surface area contributed by atoms with Crippen LogP contribution in [0.3, 0.4) is 0 Å². The third-order valence-electron chi connectivity index (χ3n) is 4.61. The summed E-state index contributed by atoms with van der Waals surface area (Å²) in [5, 5.41) is -0.448. The standard InChI is InChI=1S/C18H22N2O4S/c1-24-15-4-6-16(7-5-15)25(22,23)17-8-12-20(13-9-17)18(21)14-19-10-2-3-11-19/h2-7,10-11,17H,8-9,12-14H2,1H3. The van der Waals surface area contributed by atoms with Crippen LogP contribution >= 0.6 is 0 Å². The maximum Gasteiger partial charge on any atom is 0.242 e. The Morgan fingerprint density at radius 3 is 2.28 bits per heavy atom. The summed E-state index contributed by atoms with van der Waals surface area (Å²) >= 11 is 0. The summed E-state index contributed by atoms with van der Waals surface area (Å²) in [4.78, 5) is 14.4. The third kappa shape index (κ3) is 3.87. The van der Waals surface area contributed by atoms with E-state index in [0.29, 0.717) is 43.1 Å². The van der Waals surface area contributed by atoms with Gasteiger partial charge in [-0.15, -0.1) is 0 Å². The molecule has 6 nitrogen and oxygen atoms in total. The van der Waals surface area contributed by atoms with Gasteiger partial charge in [-0.25, -0.2) is 8.42 Å². The highest BCUT2D eigenvalue weighted by Gasteiger charge is 2.32. The topological polar surface area (TPSA) is 68.6 Å². The number of benzene rings is 1. The summed E-state index contributed by atoms with van der Waals surface area (Å²) in [5.74, 6) is 0.654. The molecule has 1 amide bonds. The van der Waals surface area contributed by atoms with Crippen molar-refractivity contribution >= 4 is 15.7 Å². The van der Waals surface area contributed by atoms with Crippen LogP contribution < -0.4 is 4.74 Å². The first kappa shape index (κ1) is 17.5. The summed E-state index contributed by atoms with van der Waals surface area (Å²) in [6, 6.07) is 10.2. The SMILES string of the molecule is COc1ccc(S(=O)(=O)C2CCN(C(=O)Cn3cccc3)CC2)cc1. The molecule has 1 saturated heterocycles. The van der Waals surface area contributed by atoms with Gasteiger partial charge in [-0.05, 0) is 49.2 Å². The van der Waals surface area contributed by atoms with E-state index >= 15 is 0 Å². The molecule has 0 aliphatic carbocycles. The van der Waals surface area contributed by atoms with Crippen molar-refractivity contribution in [1.82, 2.24) is 9.47 Å². The number of methoxy groups -OCH3 is 1. The van der Waals surface area contributed by atoms with E-state index in [9.17, 15) is 13.2 Å². The van der Waals surface area contributed by atoms with Gasteiger partial charge in [0.25, 0.3) is 0 Å². The van der Waals surface area contributed by atoms with E-state index < -0.39 is 15.1 Å². The second-order valence-electron chi connectivity index (χ2n) is 6.16. The summed E-state index contributed by atoms with van der Waals surface area (Å²) in [7, 11) is -1.84. The van der Waals surface area contributed by atoms with E-state index in [2.05, 4.69) is 0 Å². The van der Waals surface area contributed by atoms with Crippen LogP contribution in [0, 0.1) is 0 Å². The molecule has 0 spiro atoms. The molecule has 7 heteroatoms. The first-order valence-corrected chi connectivity index (χ1v) is 9.82. The van der Waals surface area contributed by atoms with E-state index in [4.69, 9.17) is 4.74 Å². The van der Waals surface area contributed by atoms with Gasteiger partial charge in [0.05, 0.1) is 17.3 Å². The highest BCUT2D eigenvalue weighted by Crippen LogP contribution is 2.26. The first-order valence-electron chi connectivity index (χ1n) is 8.27. The predicted octanol–water partition coefficient (Wildman–Crippen LogP) is 1.96. The molecule has 25 heavy (non-hydrogen) atoms. The molecule has 1 aromatic heterocycles. The fraction of sp³-hybridized carbons (Fsp3) is 0.389. The number of sulfone groups is 1. The molecule has 0 saturated carbocycles. The number of rotatable bonds is 5. The Morgan fingerprint density at radius 1 is 1.12 bits per heavy atom. The van der Waals surface area contributed by atoms with Crippen LogP contribution in [0.4, 0.5) is 0 Å². The quantitative estimate of drug-likeness (QED) is 0.815. The second kappa shape index (κ2) is 7.31. The van der Waals surface area contributed by atoms with Crippen LogP contribution in [0.25, 0.3) is 0 Å². The monoisotopic (exact) mass is 362 g/mol. The normalized spacial score (nSPS) is 16.0. The molecule has 3 rings (SSSR count). The van der Waals surface area contributed by atoms with Gasteiger partial charge < -0.3 is 14.2 Å². The molecule has 1 aliphatic heterocycles. The molecule has 0 N–H and O–H groups in total. The predicted molar refractivity (Wildman–Crippen MR) is 94.2 cm³/mol. The fourth-order valence-electron chi connectivity index (χ4n) is 3.11. The maximum absolute atomic E-state index is 12.8. The van der Waals surface area contributed by atoms with Gasteiger partial charge in [0.15, 0.2) is 9.84 Å². The van der Waals surface area contributed by atoms with Crippen LogP contribution in [-0.4, -0.2) is 49.2 Å². The van der Waals surface area contributed by atoms with Crippen LogP contribution in [0.1, 0.15) is 12.8 Å². The van der Waals surface area contributed by atoms with Gasteiger partial charge in [0.2, 0.25) is 5.91 Å². The molecule has 134 valence electrons. The molecule has 0 unspecified atom stereocenters. The van der Waals surface area contributed by atoms with E-state index in [1.54, 1.807) is 36.3 Å². The van der Waals surface area contributed by atoms with E-state index in [1.165, 1.54) is 0 Å². The number of hydrogen-bond donors (Lipinski definition) is 0. The van der Waals surface area contributed by atoms with E-state index in [1.807, 2.05) is 29.1 Å². The average molecular weight is 362 g/mol. The summed E-state index contributed by atoms with van der Waals surface area (Å²) < 4.78 is 32.4. The van der Waals surface area contributed by atoms with Crippen LogP contribution in [0.15, 0.2) is 53.7 Å². The van der Waals surface area contributed by atoms with E-state index in [-0.39, 0.29) is 5.91 Å². The average Bonchev–Trinajstić information content (AvgIpc) is 3.15. The Balaban J connectivity index is 1.61. The van der Waals surface area contributed by atoms with Crippen molar-refractivity contribution in [3.63, 3.8) is 0 Å². The number of amides is 1. The molecule has 1 aromatic carbocycles. The van der Waals surface area contributed by atoms with Crippen LogP contribution in [0.2, 0.25) is 0 Å². The summed E-state index contributed by atoms with van der Waals surface area (Å²) in [5.41, 5.74) is 0. The molecule has 2 aromatic rings. The lowest BCUT2D eigenvalue weighted by molar-refractivity contribution is -0.132. The van der Waals surface area contributed by atoms with Crippen molar-refractivity contribution in [3.8, 4) is 5.75 Å². The summed E-state index contributed by atoms with van der Waals surface area (Å²) in [6.07, 6.45) is 4.62. The van der Waals surface area contributed by atoms with Crippen LogP contribution in [-0.2, 0) is 21.2 Å². The lowest BCUT2D eigenvalue weighted by Crippen LogP contribution is -2.43. The smallest absolute Gasteiger partial charge is 0.242 e. The zero-order valence-electron chi connectivity index (χ0n) is 14.2. The van der Waals surface area contributed by atoms with Crippen molar-refractivity contribution in [1.29, 1.82) is 0 Å². The Labute approximate surface area is 147 Å². The number of nitrogens with zero attached hydrogens (tertiary/aromatic N) is 2. The Morgan fingerprint density at radius 2 is 1.72 bits per heavy atom. The molecule has 2 heterocycles. The number of ether oxygens (including phenoxy) is 1. The molecule has 0 radical (unpaired) electrons. The molecular formula is C18H22N2O4S. The van der Waals surface area contributed by atoms with Gasteiger partial charge in [-0.3, -0.25) is 4.79 Å². The van der Waals surface area contributed by atoms with Crippen molar-refractivity contribution < 1.29 is 17.9 Å². The Hall–Kier alpha value is -2.28. The largest absolute Gasteiger partial charge is 0.497 e. The van der Waals surface area contributed by atoms with Crippen molar-refractivity contribution in [2.75, 3.05) is 20.2 Å². The van der Waals surface area contributed by atoms with Gasteiger partial charge in [-0.2, -0.15) is 0 Å². The zero-order chi connectivity index (χ0) is 17.9. The number of likely N-dealkylation sites (tertiary alicyclic amines) is 1. The minimum atomic E-state index is -3.38. The maximum atomic E-state index is 12.8. The fourth-order valence-corrected chi connectivity index (χ4v) is 4.84. The molecule has 0 bridgehead atoms. The molecule has 1 fully saturated rings. The lowest BCUT2D eigenvalue weighted by atomic mass is 10.1. The van der Waals surface area contributed by atoms with Gasteiger partial charge in [0.1, 0.15) is 12.3 Å². The number of hydrogen-bond acceptors (Lipinski definition) is 4. The van der Waals surface area contributed by atoms with Gasteiger partial charge in [0, 0.05) is 25.5 Å². The Kier molecular flexibility index (Phi) is 5.13.